The van der Waals surface area contributed by atoms with E-state index in [1.54, 1.807) is 11.8 Å². The van der Waals surface area contributed by atoms with Gasteiger partial charge in [-0.2, -0.15) is 0 Å². The van der Waals surface area contributed by atoms with Gasteiger partial charge in [0.25, 0.3) is 5.91 Å². The number of rotatable bonds is 4. The topological polar surface area (TPSA) is 35.9 Å². The summed E-state index contributed by atoms with van der Waals surface area (Å²) in [6, 6.07) is 21.1. The van der Waals surface area contributed by atoms with Crippen LogP contribution in [0, 0.1) is 19.8 Å². The van der Waals surface area contributed by atoms with Gasteiger partial charge in [-0.1, -0.05) is 61.5 Å². The highest BCUT2D eigenvalue weighted by molar-refractivity contribution is 7.99. The van der Waals surface area contributed by atoms with Crippen LogP contribution in [0.1, 0.15) is 47.3 Å². The van der Waals surface area contributed by atoms with Crippen LogP contribution in [0.15, 0.2) is 75.4 Å². The second-order valence-electron chi connectivity index (χ2n) is 10.0. The summed E-state index contributed by atoms with van der Waals surface area (Å²) in [5.74, 6) is 0.604. The number of fused-ring (bicyclic) bond motifs is 2. The summed E-state index contributed by atoms with van der Waals surface area (Å²) in [7, 11) is 0. The monoisotopic (exact) mass is 483 g/mol. The number of amides is 1. The number of aryl methyl sites for hydroxylation is 2. The number of anilines is 1. The third kappa shape index (κ3) is 5.01. The van der Waals surface area contributed by atoms with E-state index in [1.165, 1.54) is 27.3 Å². The first-order valence-electron chi connectivity index (χ1n) is 12.5. The fourth-order valence-electron chi connectivity index (χ4n) is 4.98. The van der Waals surface area contributed by atoms with Gasteiger partial charge in [-0.05, 0) is 62.1 Å². The Labute approximate surface area is 213 Å². The second-order valence-corrected chi connectivity index (χ2v) is 11.1. The zero-order valence-corrected chi connectivity index (χ0v) is 21.9. The van der Waals surface area contributed by atoms with Gasteiger partial charge in [-0.3, -0.25) is 9.79 Å². The molecule has 2 aliphatic rings. The molecule has 180 valence electrons. The van der Waals surface area contributed by atoms with Gasteiger partial charge in [-0.15, -0.1) is 0 Å². The summed E-state index contributed by atoms with van der Waals surface area (Å²) >= 11 is 1.74. The van der Waals surface area contributed by atoms with Crippen LogP contribution in [0.4, 0.5) is 11.4 Å². The molecular formula is C30H33N3OS. The molecule has 0 aromatic heterocycles. The lowest BCUT2D eigenvalue weighted by molar-refractivity contribution is 0.0746. The molecule has 2 aliphatic heterocycles. The molecule has 0 atom stereocenters. The lowest BCUT2D eigenvalue weighted by Gasteiger charge is -2.37. The van der Waals surface area contributed by atoms with Gasteiger partial charge in [0.15, 0.2) is 0 Å². The molecular weight excluding hydrogens is 450 g/mol. The molecule has 2 heterocycles. The van der Waals surface area contributed by atoms with Crippen molar-refractivity contribution in [3.8, 4) is 0 Å². The number of piperazine rings is 1. The van der Waals surface area contributed by atoms with Crippen LogP contribution in [0.5, 0.6) is 0 Å². The largest absolute Gasteiger partial charge is 0.368 e. The Hall–Kier alpha value is -3.05. The smallest absolute Gasteiger partial charge is 0.254 e. The summed E-state index contributed by atoms with van der Waals surface area (Å²) in [4.78, 5) is 25.3. The van der Waals surface area contributed by atoms with Crippen molar-refractivity contribution in [3.05, 3.63) is 82.9 Å². The Bertz CT molecular complexity index is 1290. The first-order valence-corrected chi connectivity index (χ1v) is 13.3. The standard InChI is InChI=1S/C30H33N3OS/c1-20(2)17-25-24-7-5-6-8-28(24)35-29-12-10-23(19-26(29)31-25)30(34)33-15-13-32(14-16-33)27-11-9-21(3)18-22(27)4/h5-12,18-20H,13-17H2,1-4H3. The predicted molar refractivity (Wildman–Crippen MR) is 147 cm³/mol. The molecule has 0 aliphatic carbocycles. The summed E-state index contributed by atoms with van der Waals surface area (Å²) in [6.45, 7) is 11.9. The van der Waals surface area contributed by atoms with Gasteiger partial charge in [0.1, 0.15) is 0 Å². The molecule has 0 spiro atoms. The third-order valence-corrected chi connectivity index (χ3v) is 7.88. The zero-order valence-electron chi connectivity index (χ0n) is 21.0. The summed E-state index contributed by atoms with van der Waals surface area (Å²) in [5.41, 5.74) is 7.79. The molecule has 3 aromatic carbocycles. The van der Waals surface area contributed by atoms with E-state index in [0.29, 0.717) is 5.92 Å². The first kappa shape index (κ1) is 23.7. The van der Waals surface area contributed by atoms with Gasteiger partial charge in [0, 0.05) is 58.5 Å². The highest BCUT2D eigenvalue weighted by Gasteiger charge is 2.25. The van der Waals surface area contributed by atoms with Crippen molar-refractivity contribution in [2.45, 2.75) is 43.9 Å². The number of benzene rings is 3. The van der Waals surface area contributed by atoms with Gasteiger partial charge in [-0.25, -0.2) is 0 Å². The minimum absolute atomic E-state index is 0.0976. The molecule has 5 heteroatoms. The first-order chi connectivity index (χ1) is 16.9. The Balaban J connectivity index is 1.36. The maximum atomic E-state index is 13.5. The van der Waals surface area contributed by atoms with E-state index in [9.17, 15) is 4.79 Å². The molecule has 35 heavy (non-hydrogen) atoms. The maximum Gasteiger partial charge on any atom is 0.254 e. The number of aliphatic imine (C=N–C) groups is 1. The number of hydrogen-bond donors (Lipinski definition) is 0. The summed E-state index contributed by atoms with van der Waals surface area (Å²) < 4.78 is 0. The van der Waals surface area contributed by atoms with Gasteiger partial charge >= 0.3 is 0 Å². The Morgan fingerprint density at radius 2 is 1.71 bits per heavy atom. The van der Waals surface area contributed by atoms with Crippen LogP contribution in [-0.2, 0) is 0 Å². The number of carbonyl (C=O) groups is 1. The van der Waals surface area contributed by atoms with Gasteiger partial charge in [0.05, 0.1) is 5.69 Å². The molecule has 1 fully saturated rings. The van der Waals surface area contributed by atoms with Crippen molar-refractivity contribution in [2.24, 2.45) is 10.9 Å². The van der Waals surface area contributed by atoms with Crippen LogP contribution in [0.25, 0.3) is 0 Å². The van der Waals surface area contributed by atoms with E-state index in [0.717, 1.165) is 54.5 Å². The van der Waals surface area contributed by atoms with E-state index in [-0.39, 0.29) is 5.91 Å². The van der Waals surface area contributed by atoms with Crippen molar-refractivity contribution < 1.29 is 4.79 Å². The molecule has 0 bridgehead atoms. The highest BCUT2D eigenvalue weighted by Crippen LogP contribution is 2.41. The van der Waals surface area contributed by atoms with Crippen molar-refractivity contribution in [3.63, 3.8) is 0 Å². The Morgan fingerprint density at radius 3 is 2.46 bits per heavy atom. The lowest BCUT2D eigenvalue weighted by Crippen LogP contribution is -2.49. The quantitative estimate of drug-likeness (QED) is 0.405. The molecule has 0 N–H and O–H groups in total. The SMILES string of the molecule is Cc1ccc(N2CCN(C(=O)c3ccc4c(c3)N=C(CC(C)C)c3ccccc3S4)CC2)c(C)c1. The minimum atomic E-state index is 0.0976. The highest BCUT2D eigenvalue weighted by atomic mass is 32.2. The fraction of sp³-hybridized carbons (Fsp3) is 0.333. The van der Waals surface area contributed by atoms with E-state index >= 15 is 0 Å². The normalized spacial score (nSPS) is 15.4. The molecule has 1 amide bonds. The number of carbonyl (C=O) groups excluding carboxylic acids is 1. The molecule has 4 nitrogen and oxygen atoms in total. The molecule has 1 saturated heterocycles. The second kappa shape index (κ2) is 9.90. The van der Waals surface area contributed by atoms with Crippen LogP contribution in [0.3, 0.4) is 0 Å². The predicted octanol–water partition coefficient (Wildman–Crippen LogP) is 6.90. The molecule has 0 unspecified atom stereocenters. The number of nitrogens with zero attached hydrogens (tertiary/aromatic N) is 3. The average molecular weight is 484 g/mol. The van der Waals surface area contributed by atoms with E-state index in [2.05, 4.69) is 81.1 Å². The Kier molecular flexibility index (Phi) is 6.70. The van der Waals surface area contributed by atoms with Crippen molar-refractivity contribution in [1.82, 2.24) is 4.90 Å². The molecule has 0 saturated carbocycles. The van der Waals surface area contributed by atoms with Crippen LogP contribution < -0.4 is 4.90 Å². The molecule has 5 rings (SSSR count). The molecule has 3 aromatic rings. The van der Waals surface area contributed by atoms with E-state index in [1.807, 2.05) is 17.0 Å². The fourth-order valence-corrected chi connectivity index (χ4v) is 6.00. The molecule has 0 radical (unpaired) electrons. The van der Waals surface area contributed by atoms with Crippen LogP contribution in [-0.4, -0.2) is 42.7 Å². The Morgan fingerprint density at radius 1 is 0.943 bits per heavy atom. The van der Waals surface area contributed by atoms with E-state index in [4.69, 9.17) is 4.99 Å². The van der Waals surface area contributed by atoms with Crippen LogP contribution in [0.2, 0.25) is 0 Å². The van der Waals surface area contributed by atoms with Gasteiger partial charge < -0.3 is 9.80 Å². The van der Waals surface area contributed by atoms with Gasteiger partial charge in [0.2, 0.25) is 0 Å². The third-order valence-electron chi connectivity index (χ3n) is 6.74. The number of hydrogen-bond acceptors (Lipinski definition) is 4. The minimum Gasteiger partial charge on any atom is -0.368 e. The zero-order chi connectivity index (χ0) is 24.5. The van der Waals surface area contributed by atoms with Crippen molar-refractivity contribution in [2.75, 3.05) is 31.1 Å². The van der Waals surface area contributed by atoms with E-state index < -0.39 is 0 Å². The summed E-state index contributed by atoms with van der Waals surface area (Å²) in [6.07, 6.45) is 0.912. The summed E-state index contributed by atoms with van der Waals surface area (Å²) in [5, 5.41) is 0. The van der Waals surface area contributed by atoms with Crippen LogP contribution >= 0.6 is 11.8 Å². The van der Waals surface area contributed by atoms with Crippen molar-refractivity contribution in [1.29, 1.82) is 0 Å². The lowest BCUT2D eigenvalue weighted by atomic mass is 10.00. The average Bonchev–Trinajstić information content (AvgIpc) is 2.99. The van der Waals surface area contributed by atoms with Crippen molar-refractivity contribution >= 4 is 34.8 Å². The maximum absolute atomic E-state index is 13.5.